The number of aromatic amines is 1. The van der Waals surface area contributed by atoms with E-state index in [1.807, 2.05) is 42.9 Å². The number of hydrogen-bond acceptors (Lipinski definition) is 4. The van der Waals surface area contributed by atoms with Crippen LogP contribution in [0.2, 0.25) is 5.02 Å². The summed E-state index contributed by atoms with van der Waals surface area (Å²) in [5.74, 6) is 0.622. The second-order valence-electron chi connectivity index (χ2n) is 5.79. The van der Waals surface area contributed by atoms with Crippen LogP contribution in [0.1, 0.15) is 16.7 Å². The average molecular weight is 350 g/mol. The number of nitrogens with one attached hydrogen (secondary N) is 2. The van der Waals surface area contributed by atoms with Gasteiger partial charge in [0, 0.05) is 43.1 Å². The third kappa shape index (κ3) is 3.61. The van der Waals surface area contributed by atoms with Gasteiger partial charge in [-0.1, -0.05) is 41.9 Å². The fourth-order valence-electron chi connectivity index (χ4n) is 2.71. The summed E-state index contributed by atoms with van der Waals surface area (Å²) < 4.78 is 0. The largest absolute Gasteiger partial charge is 0.350 e. The number of halogens is 1. The number of rotatable bonds is 5. The molecule has 0 bridgehead atoms. The normalized spacial score (nSPS) is 10.9. The van der Waals surface area contributed by atoms with Crippen molar-refractivity contribution in [3.05, 3.63) is 82.9 Å². The number of anilines is 1. The summed E-state index contributed by atoms with van der Waals surface area (Å²) in [5.41, 5.74) is 4.18. The molecule has 1 aromatic carbocycles. The predicted molar refractivity (Wildman–Crippen MR) is 99.7 cm³/mol. The third-order valence-corrected chi connectivity index (χ3v) is 4.18. The summed E-state index contributed by atoms with van der Waals surface area (Å²) >= 11 is 6.05. The van der Waals surface area contributed by atoms with Gasteiger partial charge in [0.25, 0.3) is 0 Å². The van der Waals surface area contributed by atoms with Crippen molar-refractivity contribution < 1.29 is 0 Å². The second kappa shape index (κ2) is 6.91. The molecule has 0 unspecified atom stereocenters. The molecule has 4 aromatic rings. The van der Waals surface area contributed by atoms with Crippen molar-refractivity contribution in [3.8, 4) is 0 Å². The van der Waals surface area contributed by atoms with E-state index in [0.29, 0.717) is 17.5 Å². The van der Waals surface area contributed by atoms with Gasteiger partial charge in [0.1, 0.15) is 5.65 Å². The SMILES string of the molecule is Clc1cnc2[nH]cc(Cc3cnc(NCc4ccccc4)nc3)c2c1. The van der Waals surface area contributed by atoms with E-state index in [9.17, 15) is 0 Å². The number of pyridine rings is 1. The van der Waals surface area contributed by atoms with Gasteiger partial charge >= 0.3 is 0 Å². The highest BCUT2D eigenvalue weighted by Gasteiger charge is 2.07. The standard InChI is InChI=1S/C19H16ClN5/c20-16-7-17-15(11-21-18(17)22-12-16)6-14-9-24-19(25-10-14)23-8-13-4-2-1-3-5-13/h1-5,7,9-12H,6,8H2,(H,21,22)(H,23,24,25). The molecule has 5 nitrogen and oxygen atoms in total. The van der Waals surface area contributed by atoms with E-state index in [4.69, 9.17) is 11.6 Å². The smallest absolute Gasteiger partial charge is 0.222 e. The van der Waals surface area contributed by atoms with Crippen LogP contribution in [0.4, 0.5) is 5.95 Å². The molecule has 0 radical (unpaired) electrons. The molecule has 0 spiro atoms. The van der Waals surface area contributed by atoms with Crippen molar-refractivity contribution in [1.29, 1.82) is 0 Å². The predicted octanol–water partition coefficient (Wildman–Crippen LogP) is 4.21. The first-order valence-corrected chi connectivity index (χ1v) is 8.36. The molecule has 0 fully saturated rings. The summed E-state index contributed by atoms with van der Waals surface area (Å²) in [6, 6.07) is 12.1. The molecule has 0 atom stereocenters. The van der Waals surface area contributed by atoms with E-state index in [1.54, 1.807) is 6.20 Å². The molecular weight excluding hydrogens is 334 g/mol. The van der Waals surface area contributed by atoms with Crippen molar-refractivity contribution in [2.75, 3.05) is 5.32 Å². The lowest BCUT2D eigenvalue weighted by molar-refractivity contribution is 1.02. The molecule has 25 heavy (non-hydrogen) atoms. The first-order chi connectivity index (χ1) is 12.3. The molecule has 2 N–H and O–H groups in total. The van der Waals surface area contributed by atoms with E-state index in [0.717, 1.165) is 28.6 Å². The van der Waals surface area contributed by atoms with Gasteiger partial charge in [-0.25, -0.2) is 15.0 Å². The minimum Gasteiger partial charge on any atom is -0.350 e. The maximum Gasteiger partial charge on any atom is 0.222 e. The van der Waals surface area contributed by atoms with Crippen molar-refractivity contribution in [2.24, 2.45) is 0 Å². The van der Waals surface area contributed by atoms with Crippen LogP contribution < -0.4 is 5.32 Å². The Hall–Kier alpha value is -2.92. The lowest BCUT2D eigenvalue weighted by Gasteiger charge is -2.05. The summed E-state index contributed by atoms with van der Waals surface area (Å²) in [5, 5.41) is 4.88. The molecule has 124 valence electrons. The van der Waals surface area contributed by atoms with Gasteiger partial charge in [0.15, 0.2) is 0 Å². The van der Waals surface area contributed by atoms with Gasteiger partial charge in [-0.05, 0) is 22.8 Å². The van der Waals surface area contributed by atoms with E-state index in [1.165, 1.54) is 5.56 Å². The van der Waals surface area contributed by atoms with E-state index in [-0.39, 0.29) is 0 Å². The first-order valence-electron chi connectivity index (χ1n) is 7.98. The van der Waals surface area contributed by atoms with Crippen LogP contribution >= 0.6 is 11.6 Å². The van der Waals surface area contributed by atoms with E-state index in [2.05, 4.69) is 37.4 Å². The van der Waals surface area contributed by atoms with Crippen LogP contribution in [-0.2, 0) is 13.0 Å². The number of benzene rings is 1. The Labute approximate surface area is 150 Å². The molecule has 6 heteroatoms. The average Bonchev–Trinajstić information content (AvgIpc) is 3.04. The highest BCUT2D eigenvalue weighted by atomic mass is 35.5. The Balaban J connectivity index is 1.45. The van der Waals surface area contributed by atoms with Gasteiger partial charge in [0.2, 0.25) is 5.95 Å². The lowest BCUT2D eigenvalue weighted by Crippen LogP contribution is -2.03. The molecule has 0 saturated carbocycles. The summed E-state index contributed by atoms with van der Waals surface area (Å²) in [6.45, 7) is 0.701. The number of H-pyrrole nitrogens is 1. The Bertz CT molecular complexity index is 980. The molecular formula is C19H16ClN5. The van der Waals surface area contributed by atoms with Gasteiger partial charge < -0.3 is 10.3 Å². The second-order valence-corrected chi connectivity index (χ2v) is 6.23. The quantitative estimate of drug-likeness (QED) is 0.566. The topological polar surface area (TPSA) is 66.5 Å². The Morgan fingerprint density at radius 2 is 1.76 bits per heavy atom. The molecule has 0 aliphatic heterocycles. The fraction of sp³-hybridized carbons (Fsp3) is 0.105. The molecule has 3 heterocycles. The Morgan fingerprint density at radius 3 is 2.56 bits per heavy atom. The molecule has 0 aliphatic carbocycles. The van der Waals surface area contributed by atoms with Crippen LogP contribution in [0.3, 0.4) is 0 Å². The third-order valence-electron chi connectivity index (χ3n) is 3.98. The monoisotopic (exact) mass is 349 g/mol. The van der Waals surface area contributed by atoms with Crippen LogP contribution in [0, 0.1) is 0 Å². The maximum absolute atomic E-state index is 6.05. The van der Waals surface area contributed by atoms with Crippen molar-refractivity contribution >= 4 is 28.6 Å². The zero-order chi connectivity index (χ0) is 17.1. The zero-order valence-corrected chi connectivity index (χ0v) is 14.2. The van der Waals surface area contributed by atoms with Crippen LogP contribution in [0.15, 0.2) is 61.2 Å². The van der Waals surface area contributed by atoms with Gasteiger partial charge in [-0.3, -0.25) is 0 Å². The number of nitrogens with zero attached hydrogens (tertiary/aromatic N) is 3. The van der Waals surface area contributed by atoms with Crippen molar-refractivity contribution in [3.63, 3.8) is 0 Å². The Morgan fingerprint density at radius 1 is 0.960 bits per heavy atom. The minimum absolute atomic E-state index is 0.622. The van der Waals surface area contributed by atoms with Gasteiger partial charge in [-0.15, -0.1) is 0 Å². The molecule has 0 aliphatic rings. The zero-order valence-electron chi connectivity index (χ0n) is 13.4. The summed E-state index contributed by atoms with van der Waals surface area (Å²) in [7, 11) is 0. The van der Waals surface area contributed by atoms with Crippen molar-refractivity contribution in [2.45, 2.75) is 13.0 Å². The summed E-state index contributed by atoms with van der Waals surface area (Å²) in [4.78, 5) is 16.2. The molecule has 4 rings (SSSR count). The number of hydrogen-bond donors (Lipinski definition) is 2. The highest BCUT2D eigenvalue weighted by Crippen LogP contribution is 2.22. The maximum atomic E-state index is 6.05. The van der Waals surface area contributed by atoms with Crippen molar-refractivity contribution in [1.82, 2.24) is 19.9 Å². The first kappa shape index (κ1) is 15.6. The van der Waals surface area contributed by atoms with Crippen LogP contribution in [0.5, 0.6) is 0 Å². The van der Waals surface area contributed by atoms with Crippen LogP contribution in [-0.4, -0.2) is 19.9 Å². The molecule has 0 amide bonds. The van der Waals surface area contributed by atoms with E-state index < -0.39 is 0 Å². The Kier molecular flexibility index (Phi) is 4.31. The fourth-order valence-corrected chi connectivity index (χ4v) is 2.87. The van der Waals surface area contributed by atoms with Gasteiger partial charge in [-0.2, -0.15) is 0 Å². The van der Waals surface area contributed by atoms with Gasteiger partial charge in [0.05, 0.1) is 5.02 Å². The number of aromatic nitrogens is 4. The molecule has 0 saturated heterocycles. The molecule has 3 aromatic heterocycles. The summed E-state index contributed by atoms with van der Waals surface area (Å²) in [6.07, 6.45) is 8.01. The lowest BCUT2D eigenvalue weighted by atomic mass is 10.1. The minimum atomic E-state index is 0.622. The number of fused-ring (bicyclic) bond motifs is 1. The van der Waals surface area contributed by atoms with Crippen LogP contribution in [0.25, 0.3) is 11.0 Å². The van der Waals surface area contributed by atoms with E-state index >= 15 is 0 Å². The highest BCUT2D eigenvalue weighted by molar-refractivity contribution is 6.31.